The van der Waals surface area contributed by atoms with Crippen LogP contribution in [0.3, 0.4) is 0 Å². The molecule has 1 aliphatic rings. The topological polar surface area (TPSA) is 84.5 Å². The Morgan fingerprint density at radius 1 is 1.20 bits per heavy atom. The molecule has 0 aliphatic heterocycles. The fraction of sp³-hybridized carbons (Fsp3) is 0.611. The molecule has 2 rings (SSSR count). The number of carbonyl (C=O) groups excluding carboxylic acids is 3. The van der Waals surface area contributed by atoms with E-state index in [-0.39, 0.29) is 24.5 Å². The molecular formula is C18H26N2O4S. The molecule has 0 unspecified atom stereocenters. The second kappa shape index (κ2) is 8.47. The number of aryl methyl sites for hydroxylation is 1. The first-order valence-electron chi connectivity index (χ1n) is 8.63. The summed E-state index contributed by atoms with van der Waals surface area (Å²) in [5, 5.41) is 6.08. The highest BCUT2D eigenvalue weighted by atomic mass is 32.1. The van der Waals surface area contributed by atoms with Crippen LogP contribution < -0.4 is 10.6 Å². The van der Waals surface area contributed by atoms with Gasteiger partial charge in [-0.1, -0.05) is 19.8 Å². The first-order valence-corrected chi connectivity index (χ1v) is 9.45. The Kier molecular flexibility index (Phi) is 6.58. The largest absolute Gasteiger partial charge is 0.452 e. The number of ether oxygens (including phenoxy) is 1. The molecule has 2 atom stereocenters. The van der Waals surface area contributed by atoms with Crippen LogP contribution in [0.2, 0.25) is 0 Å². The van der Waals surface area contributed by atoms with E-state index in [1.165, 1.54) is 24.7 Å². The molecular weight excluding hydrogens is 340 g/mol. The zero-order valence-corrected chi connectivity index (χ0v) is 16.0. The van der Waals surface area contributed by atoms with Crippen molar-refractivity contribution in [3.05, 3.63) is 16.0 Å². The minimum atomic E-state index is -0.586. The predicted octanol–water partition coefficient (Wildman–Crippen LogP) is 3.18. The standard InChI is InChI=1S/C18H26N2O4S/c1-10-7-5-6-8-14(10)20-15(22)9-24-18(23)16-11(2)12(3)25-17(16)19-13(4)21/h10,14H,5-9H2,1-4H3,(H,19,21)(H,20,22)/t10-,14-/m0/s1. The average molecular weight is 366 g/mol. The van der Waals surface area contributed by atoms with Gasteiger partial charge in [-0.2, -0.15) is 0 Å². The highest BCUT2D eigenvalue weighted by Gasteiger charge is 2.25. The van der Waals surface area contributed by atoms with Gasteiger partial charge in [0.2, 0.25) is 5.91 Å². The SMILES string of the molecule is CC(=O)Nc1sc(C)c(C)c1C(=O)OCC(=O)N[C@H]1CCCC[C@@H]1C. The van der Waals surface area contributed by atoms with E-state index in [4.69, 9.17) is 4.74 Å². The lowest BCUT2D eigenvalue weighted by Gasteiger charge is -2.29. The van der Waals surface area contributed by atoms with Gasteiger partial charge in [-0.25, -0.2) is 4.79 Å². The van der Waals surface area contributed by atoms with E-state index < -0.39 is 5.97 Å². The molecule has 6 nitrogen and oxygen atoms in total. The van der Waals surface area contributed by atoms with Crippen molar-refractivity contribution in [2.24, 2.45) is 5.92 Å². The van der Waals surface area contributed by atoms with Crippen molar-refractivity contribution < 1.29 is 19.1 Å². The summed E-state index contributed by atoms with van der Waals surface area (Å²) < 4.78 is 5.19. The Morgan fingerprint density at radius 3 is 2.52 bits per heavy atom. The van der Waals surface area contributed by atoms with Crippen LogP contribution in [0, 0.1) is 19.8 Å². The Balaban J connectivity index is 1.95. The summed E-state index contributed by atoms with van der Waals surface area (Å²) in [5.74, 6) is -0.670. The maximum Gasteiger partial charge on any atom is 0.341 e. The van der Waals surface area contributed by atoms with Crippen molar-refractivity contribution in [3.63, 3.8) is 0 Å². The fourth-order valence-corrected chi connectivity index (χ4v) is 4.20. The summed E-state index contributed by atoms with van der Waals surface area (Å²) in [5.41, 5.74) is 1.09. The molecule has 25 heavy (non-hydrogen) atoms. The van der Waals surface area contributed by atoms with Crippen molar-refractivity contribution in [2.45, 2.75) is 59.4 Å². The van der Waals surface area contributed by atoms with Crippen molar-refractivity contribution >= 4 is 34.1 Å². The van der Waals surface area contributed by atoms with Crippen LogP contribution in [0.15, 0.2) is 0 Å². The molecule has 0 bridgehead atoms. The van der Waals surface area contributed by atoms with Crippen molar-refractivity contribution in [3.8, 4) is 0 Å². The summed E-state index contributed by atoms with van der Waals surface area (Å²) >= 11 is 1.33. The Morgan fingerprint density at radius 2 is 1.88 bits per heavy atom. The highest BCUT2D eigenvalue weighted by molar-refractivity contribution is 7.16. The second-order valence-corrected chi connectivity index (χ2v) is 7.91. The molecule has 0 radical (unpaired) electrons. The quantitative estimate of drug-likeness (QED) is 0.784. The lowest BCUT2D eigenvalue weighted by atomic mass is 9.86. The van der Waals surface area contributed by atoms with Gasteiger partial charge in [-0.15, -0.1) is 11.3 Å². The molecule has 2 N–H and O–H groups in total. The molecule has 7 heteroatoms. The van der Waals surface area contributed by atoms with Crippen molar-refractivity contribution in [2.75, 3.05) is 11.9 Å². The van der Waals surface area contributed by atoms with Gasteiger partial charge in [0.05, 0.1) is 5.56 Å². The van der Waals surface area contributed by atoms with Crippen molar-refractivity contribution in [1.82, 2.24) is 5.32 Å². The van der Waals surface area contributed by atoms with Gasteiger partial charge in [-0.05, 0) is 38.2 Å². The number of rotatable bonds is 5. The average Bonchev–Trinajstić information content (AvgIpc) is 2.81. The van der Waals surface area contributed by atoms with E-state index in [1.54, 1.807) is 6.92 Å². The number of nitrogens with one attached hydrogen (secondary N) is 2. The van der Waals surface area contributed by atoms with E-state index in [9.17, 15) is 14.4 Å². The third-order valence-corrected chi connectivity index (χ3v) is 5.79. The van der Waals surface area contributed by atoms with Crippen LogP contribution in [-0.4, -0.2) is 30.4 Å². The normalized spacial score (nSPS) is 20.0. The lowest BCUT2D eigenvalue weighted by molar-refractivity contribution is -0.125. The number of carbonyl (C=O) groups is 3. The van der Waals surface area contributed by atoms with E-state index >= 15 is 0 Å². The summed E-state index contributed by atoms with van der Waals surface area (Å²) in [6, 6.07) is 0.153. The molecule has 1 aromatic rings. The van der Waals surface area contributed by atoms with Crippen LogP contribution >= 0.6 is 11.3 Å². The molecule has 1 aromatic heterocycles. The van der Waals surface area contributed by atoms with Crippen molar-refractivity contribution in [1.29, 1.82) is 0 Å². The molecule has 1 saturated carbocycles. The molecule has 2 amide bonds. The zero-order chi connectivity index (χ0) is 18.6. The van der Waals surface area contributed by atoms with Crippen LogP contribution in [-0.2, 0) is 14.3 Å². The van der Waals surface area contributed by atoms with Gasteiger partial charge in [0.15, 0.2) is 6.61 Å². The van der Waals surface area contributed by atoms with Crippen LogP contribution in [0.1, 0.15) is 60.3 Å². The van der Waals surface area contributed by atoms with Crippen LogP contribution in [0.25, 0.3) is 0 Å². The van der Waals surface area contributed by atoms with Gasteiger partial charge >= 0.3 is 5.97 Å². The summed E-state index contributed by atoms with van der Waals surface area (Å²) in [6.45, 7) is 6.89. The summed E-state index contributed by atoms with van der Waals surface area (Å²) in [6.07, 6.45) is 4.39. The summed E-state index contributed by atoms with van der Waals surface area (Å²) in [4.78, 5) is 36.7. The third-order valence-electron chi connectivity index (χ3n) is 4.67. The number of esters is 1. The Bertz CT molecular complexity index is 668. The second-order valence-electron chi connectivity index (χ2n) is 6.68. The number of hydrogen-bond acceptors (Lipinski definition) is 5. The van der Waals surface area contributed by atoms with Gasteiger partial charge in [-0.3, -0.25) is 9.59 Å². The van der Waals surface area contributed by atoms with Gasteiger partial charge in [0.1, 0.15) is 5.00 Å². The monoisotopic (exact) mass is 366 g/mol. The van der Waals surface area contributed by atoms with Gasteiger partial charge in [0.25, 0.3) is 5.91 Å². The number of hydrogen-bond donors (Lipinski definition) is 2. The zero-order valence-electron chi connectivity index (χ0n) is 15.2. The molecule has 1 heterocycles. The minimum absolute atomic E-state index is 0.153. The van der Waals surface area contributed by atoms with Gasteiger partial charge in [0, 0.05) is 17.8 Å². The maximum absolute atomic E-state index is 12.4. The molecule has 0 aromatic carbocycles. The van der Waals surface area contributed by atoms with Crippen LogP contribution in [0.4, 0.5) is 5.00 Å². The fourth-order valence-electron chi connectivity index (χ4n) is 3.10. The number of thiophene rings is 1. The number of anilines is 1. The Labute approximate surface area is 152 Å². The van der Waals surface area contributed by atoms with E-state index in [0.717, 1.165) is 29.7 Å². The van der Waals surface area contributed by atoms with E-state index in [2.05, 4.69) is 17.6 Å². The molecule has 1 fully saturated rings. The third kappa shape index (κ3) is 5.04. The molecule has 1 aliphatic carbocycles. The Hall–Kier alpha value is -1.89. The smallest absolute Gasteiger partial charge is 0.341 e. The predicted molar refractivity (Wildman–Crippen MR) is 97.9 cm³/mol. The number of amides is 2. The highest BCUT2D eigenvalue weighted by Crippen LogP contribution is 2.33. The molecule has 0 spiro atoms. The minimum Gasteiger partial charge on any atom is -0.452 e. The summed E-state index contributed by atoms with van der Waals surface area (Å²) in [7, 11) is 0. The van der Waals surface area contributed by atoms with Crippen LogP contribution in [0.5, 0.6) is 0 Å². The first kappa shape index (κ1) is 19.4. The van der Waals surface area contributed by atoms with Gasteiger partial charge < -0.3 is 15.4 Å². The molecule has 0 saturated heterocycles. The maximum atomic E-state index is 12.4. The first-order chi connectivity index (χ1) is 11.8. The molecule has 138 valence electrons. The lowest BCUT2D eigenvalue weighted by Crippen LogP contribution is -2.42. The van der Waals surface area contributed by atoms with E-state index in [0.29, 0.717) is 16.5 Å². The van der Waals surface area contributed by atoms with E-state index in [1.807, 2.05) is 6.92 Å².